The number of hydrogen-bond acceptors (Lipinski definition) is 8. The number of benzene rings is 1. The van der Waals surface area contributed by atoms with Gasteiger partial charge in [0, 0.05) is 29.3 Å². The number of nitrogen functional groups attached to an aromatic ring is 1. The molecule has 0 aliphatic carbocycles. The van der Waals surface area contributed by atoms with E-state index in [1.165, 1.54) is 18.3 Å². The first-order valence-electron chi connectivity index (χ1n) is 11.9. The van der Waals surface area contributed by atoms with Crippen LogP contribution in [0.25, 0.3) is 11.1 Å². The quantitative estimate of drug-likeness (QED) is 0.314. The van der Waals surface area contributed by atoms with Crippen molar-refractivity contribution in [1.29, 1.82) is 0 Å². The molecule has 2 aromatic heterocycles. The molecule has 1 aromatic carbocycles. The number of aromatic nitrogens is 2. The standard InChI is InChI=1S/C26H29F3N4O5S/c1-15(2)10-17(13-34)32-24(35)21-12-20(19-8-7-18(11-22(19)30)39(3,36)37)25(33-23(21)26(27,28)29)38-14-16-6-4-5-9-31-16/h4-9,11-12,15,17,34H,10,13-14,30H2,1-3H3,(H,32,35). The van der Waals surface area contributed by atoms with Crippen LogP contribution >= 0.6 is 0 Å². The fourth-order valence-electron chi connectivity index (χ4n) is 3.84. The SMILES string of the molecule is CC(C)CC(CO)NC(=O)c1cc(-c2ccc(S(C)(=O)=O)cc2N)c(OCc2ccccn2)nc1C(F)(F)F. The molecular formula is C26H29F3N4O5S. The van der Waals surface area contributed by atoms with Gasteiger partial charge in [0.1, 0.15) is 6.61 Å². The zero-order valence-corrected chi connectivity index (χ0v) is 22.3. The van der Waals surface area contributed by atoms with E-state index >= 15 is 0 Å². The van der Waals surface area contributed by atoms with E-state index < -0.39 is 51.7 Å². The number of nitrogens with one attached hydrogen (secondary N) is 1. The number of nitrogens with zero attached hydrogens (tertiary/aromatic N) is 2. The van der Waals surface area contributed by atoms with E-state index in [4.69, 9.17) is 10.5 Å². The van der Waals surface area contributed by atoms with Crippen LogP contribution in [0.1, 0.15) is 42.0 Å². The minimum atomic E-state index is -5.03. The van der Waals surface area contributed by atoms with Crippen molar-refractivity contribution in [2.45, 2.75) is 44.0 Å². The zero-order chi connectivity index (χ0) is 29.0. The highest BCUT2D eigenvalue weighted by molar-refractivity contribution is 7.90. The van der Waals surface area contributed by atoms with Gasteiger partial charge >= 0.3 is 6.18 Å². The fraction of sp³-hybridized carbons (Fsp3) is 0.346. The van der Waals surface area contributed by atoms with Crippen molar-refractivity contribution in [3.8, 4) is 17.0 Å². The normalized spacial score (nSPS) is 12.8. The first-order valence-corrected chi connectivity index (χ1v) is 13.8. The van der Waals surface area contributed by atoms with Crippen molar-refractivity contribution in [3.63, 3.8) is 0 Å². The second kappa shape index (κ2) is 12.0. The molecule has 210 valence electrons. The summed E-state index contributed by atoms with van der Waals surface area (Å²) in [6.45, 7) is 2.96. The number of aliphatic hydroxyl groups is 1. The predicted molar refractivity (Wildman–Crippen MR) is 139 cm³/mol. The number of nitrogens with two attached hydrogens (primary N) is 1. The predicted octanol–water partition coefficient (Wildman–Crippen LogP) is 3.86. The smallest absolute Gasteiger partial charge is 0.434 e. The van der Waals surface area contributed by atoms with E-state index in [1.807, 2.05) is 13.8 Å². The average molecular weight is 567 g/mol. The number of sulfone groups is 1. The Bertz CT molecular complexity index is 1430. The maximum Gasteiger partial charge on any atom is 0.434 e. The number of halogens is 3. The number of hydrogen-bond donors (Lipinski definition) is 3. The van der Waals surface area contributed by atoms with E-state index in [2.05, 4.69) is 15.3 Å². The van der Waals surface area contributed by atoms with Crippen molar-refractivity contribution in [1.82, 2.24) is 15.3 Å². The molecule has 13 heteroatoms. The van der Waals surface area contributed by atoms with E-state index in [0.29, 0.717) is 12.1 Å². The second-order valence-electron chi connectivity index (χ2n) is 9.35. The molecule has 0 saturated carbocycles. The van der Waals surface area contributed by atoms with Gasteiger partial charge in [-0.1, -0.05) is 26.0 Å². The van der Waals surface area contributed by atoms with Gasteiger partial charge < -0.3 is 20.9 Å². The summed E-state index contributed by atoms with van der Waals surface area (Å²) in [7, 11) is -3.63. The van der Waals surface area contributed by atoms with Gasteiger partial charge in [-0.25, -0.2) is 13.4 Å². The third kappa shape index (κ3) is 7.67. The summed E-state index contributed by atoms with van der Waals surface area (Å²) in [4.78, 5) is 20.8. The van der Waals surface area contributed by atoms with Crippen molar-refractivity contribution < 1.29 is 36.2 Å². The van der Waals surface area contributed by atoms with Gasteiger partial charge in [0.2, 0.25) is 5.88 Å². The second-order valence-corrected chi connectivity index (χ2v) is 11.4. The summed E-state index contributed by atoms with van der Waals surface area (Å²) >= 11 is 0. The maximum absolute atomic E-state index is 14.1. The molecule has 4 N–H and O–H groups in total. The van der Waals surface area contributed by atoms with Crippen LogP contribution in [0, 0.1) is 5.92 Å². The lowest BCUT2D eigenvalue weighted by atomic mass is 10.00. The Hall–Kier alpha value is -3.71. The van der Waals surface area contributed by atoms with Crippen molar-refractivity contribution in [3.05, 3.63) is 65.6 Å². The molecule has 39 heavy (non-hydrogen) atoms. The minimum absolute atomic E-state index is 0.0498. The summed E-state index contributed by atoms with van der Waals surface area (Å²) in [5.41, 5.74) is 4.18. The van der Waals surface area contributed by atoms with Crippen LogP contribution < -0.4 is 15.8 Å². The highest BCUT2D eigenvalue weighted by Gasteiger charge is 2.39. The first-order chi connectivity index (χ1) is 18.2. The summed E-state index contributed by atoms with van der Waals surface area (Å²) in [6.07, 6.45) is -2.24. The van der Waals surface area contributed by atoms with Crippen LogP contribution in [0.15, 0.2) is 53.6 Å². The Morgan fingerprint density at radius 1 is 1.15 bits per heavy atom. The molecule has 1 unspecified atom stereocenters. The van der Waals surface area contributed by atoms with Gasteiger partial charge in [-0.2, -0.15) is 13.2 Å². The monoisotopic (exact) mass is 566 g/mol. The van der Waals surface area contributed by atoms with Crippen molar-refractivity contribution in [2.75, 3.05) is 18.6 Å². The topological polar surface area (TPSA) is 144 Å². The maximum atomic E-state index is 14.1. The van der Waals surface area contributed by atoms with Crippen LogP contribution in [0.3, 0.4) is 0 Å². The van der Waals surface area contributed by atoms with E-state index in [9.17, 15) is 31.5 Å². The molecule has 0 bridgehead atoms. The molecule has 9 nitrogen and oxygen atoms in total. The average Bonchev–Trinajstić information content (AvgIpc) is 2.85. The number of aliphatic hydroxyl groups excluding tert-OH is 1. The number of carbonyl (C=O) groups excluding carboxylic acids is 1. The van der Waals surface area contributed by atoms with Crippen LogP contribution in [0.5, 0.6) is 5.88 Å². The Balaban J connectivity index is 2.19. The van der Waals surface area contributed by atoms with Gasteiger partial charge in [-0.05, 0) is 42.7 Å². The molecule has 2 heterocycles. The molecule has 0 aliphatic rings. The van der Waals surface area contributed by atoms with Crippen molar-refractivity contribution >= 4 is 21.4 Å². The van der Waals surface area contributed by atoms with Crippen LogP contribution in [0.2, 0.25) is 0 Å². The Morgan fingerprint density at radius 3 is 2.41 bits per heavy atom. The largest absolute Gasteiger partial charge is 0.471 e. The van der Waals surface area contributed by atoms with E-state index in [1.54, 1.807) is 18.2 Å². The van der Waals surface area contributed by atoms with E-state index in [-0.39, 0.29) is 34.2 Å². The van der Waals surface area contributed by atoms with Gasteiger partial charge in [0.25, 0.3) is 5.91 Å². The number of pyridine rings is 2. The van der Waals surface area contributed by atoms with Gasteiger partial charge in [-0.15, -0.1) is 0 Å². The molecule has 0 saturated heterocycles. The Kier molecular flexibility index (Phi) is 9.18. The third-order valence-electron chi connectivity index (χ3n) is 5.64. The highest BCUT2D eigenvalue weighted by Crippen LogP contribution is 2.40. The van der Waals surface area contributed by atoms with E-state index in [0.717, 1.165) is 18.4 Å². The molecule has 1 amide bonds. The Morgan fingerprint density at radius 2 is 1.87 bits per heavy atom. The molecular weight excluding hydrogens is 537 g/mol. The van der Waals surface area contributed by atoms with Crippen molar-refractivity contribution in [2.24, 2.45) is 5.92 Å². The highest BCUT2D eigenvalue weighted by atomic mass is 32.2. The number of ether oxygens (including phenoxy) is 1. The molecule has 3 rings (SSSR count). The molecule has 0 spiro atoms. The molecule has 0 radical (unpaired) electrons. The minimum Gasteiger partial charge on any atom is -0.471 e. The number of anilines is 1. The number of rotatable bonds is 10. The number of alkyl halides is 3. The fourth-order valence-corrected chi connectivity index (χ4v) is 4.50. The lowest BCUT2D eigenvalue weighted by Crippen LogP contribution is -2.39. The lowest BCUT2D eigenvalue weighted by Gasteiger charge is -2.21. The molecule has 1 atom stereocenters. The summed E-state index contributed by atoms with van der Waals surface area (Å²) < 4.78 is 72.0. The van der Waals surface area contributed by atoms with Gasteiger partial charge in [-0.3, -0.25) is 9.78 Å². The molecule has 0 fully saturated rings. The Labute approximate surface area is 224 Å². The first kappa shape index (κ1) is 29.8. The third-order valence-corrected chi connectivity index (χ3v) is 6.75. The number of carbonyl (C=O) groups is 1. The number of amides is 1. The van der Waals surface area contributed by atoms with Crippen LogP contribution in [-0.2, 0) is 22.6 Å². The molecule has 3 aromatic rings. The van der Waals surface area contributed by atoms with Crippen LogP contribution in [-0.4, -0.2) is 48.3 Å². The molecule has 0 aliphatic heterocycles. The van der Waals surface area contributed by atoms with Gasteiger partial charge in [0.15, 0.2) is 15.5 Å². The summed E-state index contributed by atoms with van der Waals surface area (Å²) in [6, 6.07) is 8.80. The van der Waals surface area contributed by atoms with Gasteiger partial charge in [0.05, 0.1) is 28.8 Å². The van der Waals surface area contributed by atoms with Crippen LogP contribution in [0.4, 0.5) is 18.9 Å². The summed E-state index contributed by atoms with van der Waals surface area (Å²) in [5, 5.41) is 12.1. The zero-order valence-electron chi connectivity index (χ0n) is 21.5. The summed E-state index contributed by atoms with van der Waals surface area (Å²) in [5.74, 6) is -1.53. The lowest BCUT2D eigenvalue weighted by molar-refractivity contribution is -0.141.